The third-order valence-electron chi connectivity index (χ3n) is 4.36. The first-order valence-electron chi connectivity index (χ1n) is 8.58. The Kier molecular flexibility index (Phi) is 4.56. The fraction of sp³-hybridized carbons (Fsp3) is 0.0455. The van der Waals surface area contributed by atoms with Crippen molar-refractivity contribution in [1.82, 2.24) is 20.1 Å². The van der Waals surface area contributed by atoms with Crippen LogP contribution in [0.1, 0.15) is 21.6 Å². The number of halogens is 1. The molecule has 0 radical (unpaired) electrons. The Morgan fingerprint density at radius 3 is 2.64 bits per heavy atom. The quantitative estimate of drug-likeness (QED) is 0.560. The summed E-state index contributed by atoms with van der Waals surface area (Å²) < 4.78 is 14.9. The average molecular weight is 370 g/mol. The van der Waals surface area contributed by atoms with E-state index in [0.717, 1.165) is 11.1 Å². The maximum Gasteiger partial charge on any atom is 0.252 e. The highest BCUT2D eigenvalue weighted by Crippen LogP contribution is 2.22. The number of carbonyl (C=O) groups is 1. The number of terminal acetylenes is 1. The Balaban J connectivity index is 1.59. The molecule has 5 nitrogen and oxygen atoms in total. The molecule has 0 aliphatic rings. The van der Waals surface area contributed by atoms with Crippen molar-refractivity contribution in [2.24, 2.45) is 0 Å². The summed E-state index contributed by atoms with van der Waals surface area (Å²) in [5.41, 5.74) is 3.39. The molecule has 4 aromatic rings. The van der Waals surface area contributed by atoms with Gasteiger partial charge in [0.15, 0.2) is 0 Å². The minimum atomic E-state index is -0.315. The highest BCUT2D eigenvalue weighted by molar-refractivity contribution is 6.06. The van der Waals surface area contributed by atoms with E-state index in [1.807, 2.05) is 12.1 Å². The van der Waals surface area contributed by atoms with E-state index in [-0.39, 0.29) is 11.7 Å². The summed E-state index contributed by atoms with van der Waals surface area (Å²) in [5.74, 6) is 1.92. The predicted octanol–water partition coefficient (Wildman–Crippen LogP) is 3.47. The van der Waals surface area contributed by atoms with Gasteiger partial charge in [-0.05, 0) is 48.0 Å². The fourth-order valence-corrected chi connectivity index (χ4v) is 2.93. The summed E-state index contributed by atoms with van der Waals surface area (Å²) in [6, 6.07) is 15.0. The number of benzene rings is 2. The van der Waals surface area contributed by atoms with Crippen LogP contribution in [0.25, 0.3) is 16.6 Å². The zero-order chi connectivity index (χ0) is 19.5. The minimum absolute atomic E-state index is 0.217. The second-order valence-electron chi connectivity index (χ2n) is 6.15. The molecule has 0 saturated heterocycles. The first kappa shape index (κ1) is 17.4. The number of aromatic nitrogens is 3. The largest absolute Gasteiger partial charge is 0.348 e. The van der Waals surface area contributed by atoms with Crippen molar-refractivity contribution in [2.45, 2.75) is 6.54 Å². The standard InChI is InChI=1S/C22H15FN4O/c1-2-17-9-6-15(12-24-17)13-25-22(28)19-4-3-5-21-20(19)14-26-27(21)18-10-7-16(23)8-11-18/h1,3-12,14H,13H2,(H,25,28). The van der Waals surface area contributed by atoms with E-state index in [2.05, 4.69) is 21.3 Å². The van der Waals surface area contributed by atoms with E-state index in [1.165, 1.54) is 12.1 Å². The van der Waals surface area contributed by atoms with Gasteiger partial charge in [0.1, 0.15) is 11.5 Å². The van der Waals surface area contributed by atoms with Gasteiger partial charge in [-0.3, -0.25) is 4.79 Å². The lowest BCUT2D eigenvalue weighted by Crippen LogP contribution is -2.23. The molecule has 6 heteroatoms. The number of pyridine rings is 1. The van der Waals surface area contributed by atoms with Gasteiger partial charge in [0.2, 0.25) is 0 Å². The van der Waals surface area contributed by atoms with Crippen LogP contribution in [0.4, 0.5) is 4.39 Å². The highest BCUT2D eigenvalue weighted by atomic mass is 19.1. The third kappa shape index (κ3) is 3.33. The molecule has 0 aliphatic carbocycles. The monoisotopic (exact) mass is 370 g/mol. The summed E-state index contributed by atoms with van der Waals surface area (Å²) in [6.45, 7) is 0.333. The van der Waals surface area contributed by atoms with Gasteiger partial charge >= 0.3 is 0 Å². The van der Waals surface area contributed by atoms with Crippen molar-refractivity contribution in [3.8, 4) is 18.0 Å². The molecule has 2 heterocycles. The molecule has 0 fully saturated rings. The first-order valence-corrected chi connectivity index (χ1v) is 8.58. The average Bonchev–Trinajstić information content (AvgIpc) is 3.17. The molecule has 136 valence electrons. The van der Waals surface area contributed by atoms with Gasteiger partial charge in [0.05, 0.1) is 23.0 Å². The molecule has 0 unspecified atom stereocenters. The van der Waals surface area contributed by atoms with E-state index < -0.39 is 0 Å². The Hall–Kier alpha value is -3.98. The Morgan fingerprint density at radius 1 is 1.11 bits per heavy atom. The van der Waals surface area contributed by atoms with Crippen molar-refractivity contribution in [1.29, 1.82) is 0 Å². The Morgan fingerprint density at radius 2 is 1.93 bits per heavy atom. The summed E-state index contributed by atoms with van der Waals surface area (Å²) in [5, 5.41) is 7.96. The number of amides is 1. The molecule has 1 N–H and O–H groups in total. The Labute approximate surface area is 160 Å². The molecule has 2 aromatic carbocycles. The number of fused-ring (bicyclic) bond motifs is 1. The molecule has 0 aliphatic heterocycles. The summed E-state index contributed by atoms with van der Waals surface area (Å²) >= 11 is 0. The van der Waals surface area contributed by atoms with E-state index in [0.29, 0.717) is 28.9 Å². The number of nitrogens with one attached hydrogen (secondary N) is 1. The van der Waals surface area contributed by atoms with Gasteiger partial charge in [-0.1, -0.05) is 18.1 Å². The van der Waals surface area contributed by atoms with Crippen molar-refractivity contribution in [2.75, 3.05) is 0 Å². The van der Waals surface area contributed by atoms with Crippen molar-refractivity contribution in [3.63, 3.8) is 0 Å². The van der Waals surface area contributed by atoms with E-state index >= 15 is 0 Å². The molecule has 0 spiro atoms. The zero-order valence-corrected chi connectivity index (χ0v) is 14.8. The molecule has 4 rings (SSSR count). The molecule has 0 saturated carbocycles. The zero-order valence-electron chi connectivity index (χ0n) is 14.8. The van der Waals surface area contributed by atoms with E-state index in [9.17, 15) is 9.18 Å². The number of carbonyl (C=O) groups excluding carboxylic acids is 1. The van der Waals surface area contributed by atoms with Crippen LogP contribution >= 0.6 is 0 Å². The smallest absolute Gasteiger partial charge is 0.252 e. The predicted molar refractivity (Wildman–Crippen MR) is 104 cm³/mol. The molecular formula is C22H15FN4O. The fourth-order valence-electron chi connectivity index (χ4n) is 2.93. The van der Waals surface area contributed by atoms with Crippen LogP contribution in [0.3, 0.4) is 0 Å². The topological polar surface area (TPSA) is 59.8 Å². The van der Waals surface area contributed by atoms with E-state index in [1.54, 1.807) is 47.4 Å². The van der Waals surface area contributed by atoms with Crippen LogP contribution in [-0.4, -0.2) is 20.7 Å². The lowest BCUT2D eigenvalue weighted by molar-refractivity contribution is 0.0952. The number of rotatable bonds is 4. The van der Waals surface area contributed by atoms with Crippen LogP contribution < -0.4 is 5.32 Å². The van der Waals surface area contributed by atoms with Crippen molar-refractivity contribution >= 4 is 16.8 Å². The van der Waals surface area contributed by atoms with Gasteiger partial charge < -0.3 is 5.32 Å². The van der Waals surface area contributed by atoms with Crippen LogP contribution in [-0.2, 0) is 6.54 Å². The second kappa shape index (κ2) is 7.33. The van der Waals surface area contributed by atoms with Gasteiger partial charge in [0.25, 0.3) is 5.91 Å². The van der Waals surface area contributed by atoms with Crippen LogP contribution in [0, 0.1) is 18.2 Å². The summed E-state index contributed by atoms with van der Waals surface area (Å²) in [6.07, 6.45) is 8.57. The van der Waals surface area contributed by atoms with Gasteiger partial charge in [-0.15, -0.1) is 6.42 Å². The van der Waals surface area contributed by atoms with Gasteiger partial charge in [0, 0.05) is 18.1 Å². The van der Waals surface area contributed by atoms with Crippen LogP contribution in [0.5, 0.6) is 0 Å². The van der Waals surface area contributed by atoms with Gasteiger partial charge in [-0.2, -0.15) is 5.10 Å². The summed E-state index contributed by atoms with van der Waals surface area (Å²) in [4.78, 5) is 16.8. The number of nitrogens with zero attached hydrogens (tertiary/aromatic N) is 3. The van der Waals surface area contributed by atoms with Crippen molar-refractivity contribution < 1.29 is 9.18 Å². The SMILES string of the molecule is C#Cc1ccc(CNC(=O)c2cccc3c2cnn3-c2ccc(F)cc2)cn1. The van der Waals surface area contributed by atoms with Gasteiger partial charge in [-0.25, -0.2) is 14.1 Å². The normalized spacial score (nSPS) is 10.6. The van der Waals surface area contributed by atoms with Crippen molar-refractivity contribution in [3.05, 3.63) is 89.6 Å². The first-order chi connectivity index (χ1) is 13.7. The lowest BCUT2D eigenvalue weighted by atomic mass is 10.1. The number of hydrogen-bond acceptors (Lipinski definition) is 3. The summed E-state index contributed by atoms with van der Waals surface area (Å²) in [7, 11) is 0. The Bertz CT molecular complexity index is 1190. The molecule has 0 atom stereocenters. The lowest BCUT2D eigenvalue weighted by Gasteiger charge is -2.07. The minimum Gasteiger partial charge on any atom is -0.348 e. The molecule has 28 heavy (non-hydrogen) atoms. The highest BCUT2D eigenvalue weighted by Gasteiger charge is 2.14. The maximum atomic E-state index is 13.2. The number of hydrogen-bond donors (Lipinski definition) is 1. The second-order valence-corrected chi connectivity index (χ2v) is 6.15. The molecule has 0 bridgehead atoms. The van der Waals surface area contributed by atoms with E-state index in [4.69, 9.17) is 6.42 Å². The molecule has 2 aromatic heterocycles. The maximum absolute atomic E-state index is 13.2. The van der Waals surface area contributed by atoms with Crippen LogP contribution in [0.15, 0.2) is 67.0 Å². The third-order valence-corrected chi connectivity index (χ3v) is 4.36. The van der Waals surface area contributed by atoms with Crippen LogP contribution in [0.2, 0.25) is 0 Å². The molecule has 1 amide bonds. The molecular weight excluding hydrogens is 355 g/mol.